The van der Waals surface area contributed by atoms with Crippen molar-refractivity contribution in [3.63, 3.8) is 0 Å². The molecule has 1 aromatic heterocycles. The maximum absolute atomic E-state index is 12.6. The van der Waals surface area contributed by atoms with E-state index in [0.29, 0.717) is 22.1 Å². The van der Waals surface area contributed by atoms with E-state index < -0.39 is 5.91 Å². The molecular weight excluding hydrogens is 346 g/mol. The van der Waals surface area contributed by atoms with Gasteiger partial charge in [-0.3, -0.25) is 10.1 Å². The van der Waals surface area contributed by atoms with Crippen LogP contribution in [0.2, 0.25) is 5.02 Å². The van der Waals surface area contributed by atoms with Crippen LogP contribution in [0.25, 0.3) is 11.5 Å². The van der Waals surface area contributed by atoms with E-state index in [2.05, 4.69) is 15.5 Å². The SMILES string of the molecule is COc1cccc(OC)c1C(=O)Nc1nnc(-c2ccccc2Cl)o1. The summed E-state index contributed by atoms with van der Waals surface area (Å²) < 4.78 is 15.9. The number of anilines is 1. The molecule has 1 amide bonds. The third-order valence-electron chi connectivity index (χ3n) is 3.40. The molecule has 0 aliphatic heterocycles. The highest BCUT2D eigenvalue weighted by molar-refractivity contribution is 6.33. The van der Waals surface area contributed by atoms with Crippen LogP contribution in [0.3, 0.4) is 0 Å². The van der Waals surface area contributed by atoms with Crippen molar-refractivity contribution < 1.29 is 18.7 Å². The van der Waals surface area contributed by atoms with Crippen molar-refractivity contribution in [3.8, 4) is 23.0 Å². The average molecular weight is 360 g/mol. The number of carbonyl (C=O) groups is 1. The van der Waals surface area contributed by atoms with Crippen LogP contribution in [0.5, 0.6) is 11.5 Å². The van der Waals surface area contributed by atoms with E-state index >= 15 is 0 Å². The van der Waals surface area contributed by atoms with Gasteiger partial charge in [-0.05, 0) is 24.3 Å². The molecule has 7 nitrogen and oxygen atoms in total. The lowest BCUT2D eigenvalue weighted by Gasteiger charge is -2.11. The first kappa shape index (κ1) is 16.8. The molecule has 2 aromatic carbocycles. The van der Waals surface area contributed by atoms with Crippen LogP contribution in [0.4, 0.5) is 6.01 Å². The maximum Gasteiger partial charge on any atom is 0.322 e. The fraction of sp³-hybridized carbons (Fsp3) is 0.118. The van der Waals surface area contributed by atoms with Gasteiger partial charge in [0.1, 0.15) is 17.1 Å². The Morgan fingerprint density at radius 1 is 1.04 bits per heavy atom. The van der Waals surface area contributed by atoms with Gasteiger partial charge in [-0.1, -0.05) is 34.9 Å². The number of benzene rings is 2. The van der Waals surface area contributed by atoms with Crippen LogP contribution in [-0.4, -0.2) is 30.3 Å². The molecule has 1 heterocycles. The first-order chi connectivity index (χ1) is 12.1. The molecule has 8 heteroatoms. The summed E-state index contributed by atoms with van der Waals surface area (Å²) in [5, 5.41) is 10.7. The van der Waals surface area contributed by atoms with Crippen molar-refractivity contribution in [2.75, 3.05) is 19.5 Å². The van der Waals surface area contributed by atoms with Gasteiger partial charge in [-0.15, -0.1) is 5.10 Å². The lowest BCUT2D eigenvalue weighted by Crippen LogP contribution is -2.14. The number of carbonyl (C=O) groups excluding carboxylic acids is 1. The van der Waals surface area contributed by atoms with E-state index in [9.17, 15) is 4.79 Å². The van der Waals surface area contributed by atoms with Crippen LogP contribution in [-0.2, 0) is 0 Å². The second kappa shape index (κ2) is 7.23. The summed E-state index contributed by atoms with van der Waals surface area (Å²) in [5.74, 6) is 0.432. The Kier molecular flexibility index (Phi) is 4.85. The molecule has 3 rings (SSSR count). The first-order valence-electron chi connectivity index (χ1n) is 7.24. The van der Waals surface area contributed by atoms with Gasteiger partial charge < -0.3 is 13.9 Å². The second-order valence-electron chi connectivity index (χ2n) is 4.88. The zero-order chi connectivity index (χ0) is 17.8. The number of methoxy groups -OCH3 is 2. The molecule has 0 bridgehead atoms. The third kappa shape index (κ3) is 3.41. The molecule has 3 aromatic rings. The van der Waals surface area contributed by atoms with Gasteiger partial charge in [0.25, 0.3) is 11.8 Å². The number of ether oxygens (including phenoxy) is 2. The molecule has 0 fully saturated rings. The highest BCUT2D eigenvalue weighted by atomic mass is 35.5. The molecule has 0 spiro atoms. The lowest BCUT2D eigenvalue weighted by atomic mass is 10.1. The van der Waals surface area contributed by atoms with E-state index in [1.165, 1.54) is 14.2 Å². The quantitative estimate of drug-likeness (QED) is 0.748. The fourth-order valence-electron chi connectivity index (χ4n) is 2.25. The summed E-state index contributed by atoms with van der Waals surface area (Å²) in [6.45, 7) is 0. The molecule has 0 atom stereocenters. The smallest absolute Gasteiger partial charge is 0.322 e. The number of nitrogens with one attached hydrogen (secondary N) is 1. The van der Waals surface area contributed by atoms with E-state index in [0.717, 1.165) is 0 Å². The van der Waals surface area contributed by atoms with Crippen LogP contribution < -0.4 is 14.8 Å². The van der Waals surface area contributed by atoms with Gasteiger partial charge in [0, 0.05) is 0 Å². The predicted molar refractivity (Wildman–Crippen MR) is 92.2 cm³/mol. The normalized spacial score (nSPS) is 10.4. The molecule has 0 aliphatic carbocycles. The molecule has 0 radical (unpaired) electrons. The number of halogens is 1. The monoisotopic (exact) mass is 359 g/mol. The number of hydrogen-bond acceptors (Lipinski definition) is 6. The van der Waals surface area contributed by atoms with Gasteiger partial charge >= 0.3 is 6.01 Å². The van der Waals surface area contributed by atoms with Gasteiger partial charge in [0.15, 0.2) is 0 Å². The Hall–Kier alpha value is -3.06. The van der Waals surface area contributed by atoms with Crippen molar-refractivity contribution in [1.29, 1.82) is 0 Å². The minimum Gasteiger partial charge on any atom is -0.496 e. The zero-order valence-corrected chi connectivity index (χ0v) is 14.2. The number of nitrogens with zero attached hydrogens (tertiary/aromatic N) is 2. The molecular formula is C17H14ClN3O4. The van der Waals surface area contributed by atoms with Crippen molar-refractivity contribution in [1.82, 2.24) is 10.2 Å². The van der Waals surface area contributed by atoms with Crippen molar-refractivity contribution in [3.05, 3.63) is 53.1 Å². The highest BCUT2D eigenvalue weighted by Gasteiger charge is 2.21. The molecule has 0 saturated carbocycles. The van der Waals surface area contributed by atoms with Gasteiger partial charge in [0.2, 0.25) is 0 Å². The first-order valence-corrected chi connectivity index (χ1v) is 7.62. The van der Waals surface area contributed by atoms with Crippen LogP contribution in [0.15, 0.2) is 46.9 Å². The van der Waals surface area contributed by atoms with E-state index in [1.54, 1.807) is 42.5 Å². The van der Waals surface area contributed by atoms with Crippen molar-refractivity contribution >= 4 is 23.5 Å². The van der Waals surface area contributed by atoms with Gasteiger partial charge in [-0.2, -0.15) is 0 Å². The molecule has 0 saturated heterocycles. The molecule has 1 N–H and O–H groups in total. The fourth-order valence-corrected chi connectivity index (χ4v) is 2.47. The third-order valence-corrected chi connectivity index (χ3v) is 3.73. The number of amides is 1. The number of hydrogen-bond donors (Lipinski definition) is 1. The van der Waals surface area contributed by atoms with Crippen LogP contribution >= 0.6 is 11.6 Å². The Morgan fingerprint density at radius 3 is 2.36 bits per heavy atom. The summed E-state index contributed by atoms with van der Waals surface area (Å²) in [5.41, 5.74) is 0.803. The zero-order valence-electron chi connectivity index (χ0n) is 13.4. The van der Waals surface area contributed by atoms with E-state index in [-0.39, 0.29) is 17.5 Å². The topological polar surface area (TPSA) is 86.5 Å². The largest absolute Gasteiger partial charge is 0.496 e. The van der Waals surface area contributed by atoms with Gasteiger partial charge in [-0.25, -0.2) is 0 Å². The summed E-state index contributed by atoms with van der Waals surface area (Å²) in [4.78, 5) is 12.6. The van der Waals surface area contributed by atoms with E-state index in [4.69, 9.17) is 25.5 Å². The standard InChI is InChI=1S/C17H14ClN3O4/c1-23-12-8-5-9-13(24-2)14(12)15(22)19-17-21-20-16(25-17)10-6-3-4-7-11(10)18/h3-9H,1-2H3,(H,19,21,22). The molecule has 25 heavy (non-hydrogen) atoms. The summed E-state index contributed by atoms with van der Waals surface area (Å²) in [6, 6.07) is 12.0. The van der Waals surface area contributed by atoms with Crippen molar-refractivity contribution in [2.45, 2.75) is 0 Å². The van der Waals surface area contributed by atoms with E-state index in [1.807, 2.05) is 0 Å². The Bertz CT molecular complexity index is 888. The molecule has 0 aliphatic rings. The van der Waals surface area contributed by atoms with Crippen molar-refractivity contribution in [2.24, 2.45) is 0 Å². The Morgan fingerprint density at radius 2 is 1.72 bits per heavy atom. The highest BCUT2D eigenvalue weighted by Crippen LogP contribution is 2.30. The second-order valence-corrected chi connectivity index (χ2v) is 5.29. The number of aromatic nitrogens is 2. The summed E-state index contributed by atoms with van der Waals surface area (Å²) in [7, 11) is 2.93. The minimum atomic E-state index is -0.497. The van der Waals surface area contributed by atoms with Crippen LogP contribution in [0, 0.1) is 0 Å². The average Bonchev–Trinajstić information content (AvgIpc) is 3.09. The number of rotatable bonds is 5. The predicted octanol–water partition coefficient (Wildman–Crippen LogP) is 3.66. The summed E-state index contributed by atoms with van der Waals surface area (Å²) in [6.07, 6.45) is 0. The molecule has 128 valence electrons. The lowest BCUT2D eigenvalue weighted by molar-refractivity contribution is 0.101. The minimum absolute atomic E-state index is 0.0621. The summed E-state index contributed by atoms with van der Waals surface area (Å²) >= 11 is 6.10. The van der Waals surface area contributed by atoms with Gasteiger partial charge in [0.05, 0.1) is 24.8 Å². The maximum atomic E-state index is 12.6. The van der Waals surface area contributed by atoms with Crippen LogP contribution in [0.1, 0.15) is 10.4 Å². The Labute approximate surface area is 148 Å². The molecule has 0 unspecified atom stereocenters. The Balaban J connectivity index is 1.87.